The molecule has 0 unspecified atom stereocenters. The Labute approximate surface area is 128 Å². The molecule has 0 aliphatic heterocycles. The fourth-order valence-corrected chi connectivity index (χ4v) is 2.64. The van der Waals surface area contributed by atoms with Gasteiger partial charge in [-0.05, 0) is 36.8 Å². The van der Waals surface area contributed by atoms with Crippen LogP contribution < -0.4 is 10.7 Å². The summed E-state index contributed by atoms with van der Waals surface area (Å²) < 4.78 is 0. The molecule has 1 saturated carbocycles. The molecule has 1 aliphatic rings. The second kappa shape index (κ2) is 7.83. The van der Waals surface area contributed by atoms with Gasteiger partial charge in [0.15, 0.2) is 0 Å². The summed E-state index contributed by atoms with van der Waals surface area (Å²) in [7, 11) is 0. The third kappa shape index (κ3) is 4.90. The summed E-state index contributed by atoms with van der Waals surface area (Å²) in [5, 5.41) is 6.52. The van der Waals surface area contributed by atoms with E-state index in [0.717, 1.165) is 36.1 Å². The fourth-order valence-electron chi connectivity index (χ4n) is 2.23. The standard InChI is InChI=1S/C15H19N3O2S/c1-21-13-8-6-11(7-9-13)10-16-18-15(20)14(19)17-12-4-2-3-5-12/h6-10,12H,2-5H2,1H3,(H,17,19)(H,18,20)/b16-10-. The fraction of sp³-hybridized carbons (Fsp3) is 0.400. The zero-order valence-corrected chi connectivity index (χ0v) is 12.8. The summed E-state index contributed by atoms with van der Waals surface area (Å²) in [5.74, 6) is -1.34. The van der Waals surface area contributed by atoms with Crippen LogP contribution in [-0.4, -0.2) is 30.3 Å². The molecular formula is C15H19N3O2S. The maximum Gasteiger partial charge on any atom is 0.329 e. The van der Waals surface area contributed by atoms with Gasteiger partial charge in [-0.2, -0.15) is 5.10 Å². The molecule has 0 atom stereocenters. The lowest BCUT2D eigenvalue weighted by molar-refractivity contribution is -0.139. The second-order valence-corrected chi connectivity index (χ2v) is 5.81. The van der Waals surface area contributed by atoms with Crippen LogP contribution in [0.2, 0.25) is 0 Å². The average molecular weight is 305 g/mol. The van der Waals surface area contributed by atoms with E-state index >= 15 is 0 Å². The number of nitrogens with zero attached hydrogens (tertiary/aromatic N) is 1. The molecule has 0 aromatic heterocycles. The number of nitrogens with one attached hydrogen (secondary N) is 2. The third-order valence-electron chi connectivity index (χ3n) is 3.39. The van der Waals surface area contributed by atoms with Crippen molar-refractivity contribution in [2.24, 2.45) is 5.10 Å². The van der Waals surface area contributed by atoms with Crippen molar-refractivity contribution in [1.29, 1.82) is 0 Å². The highest BCUT2D eigenvalue weighted by Crippen LogP contribution is 2.17. The van der Waals surface area contributed by atoms with Gasteiger partial charge in [0.25, 0.3) is 0 Å². The van der Waals surface area contributed by atoms with E-state index in [-0.39, 0.29) is 6.04 Å². The van der Waals surface area contributed by atoms with E-state index in [2.05, 4.69) is 15.8 Å². The highest BCUT2D eigenvalue weighted by atomic mass is 32.2. The van der Waals surface area contributed by atoms with Crippen molar-refractivity contribution in [3.63, 3.8) is 0 Å². The molecule has 0 saturated heterocycles. The highest BCUT2D eigenvalue weighted by molar-refractivity contribution is 7.98. The van der Waals surface area contributed by atoms with Crippen LogP contribution in [0.3, 0.4) is 0 Å². The van der Waals surface area contributed by atoms with Gasteiger partial charge in [0.1, 0.15) is 0 Å². The van der Waals surface area contributed by atoms with E-state index < -0.39 is 11.8 Å². The Balaban J connectivity index is 1.78. The predicted octanol–water partition coefficient (Wildman–Crippen LogP) is 1.92. The lowest BCUT2D eigenvalue weighted by atomic mass is 10.2. The molecule has 0 bridgehead atoms. The van der Waals surface area contributed by atoms with Crippen LogP contribution >= 0.6 is 11.8 Å². The van der Waals surface area contributed by atoms with Gasteiger partial charge in [-0.1, -0.05) is 25.0 Å². The van der Waals surface area contributed by atoms with Gasteiger partial charge in [-0.25, -0.2) is 5.43 Å². The molecule has 2 rings (SSSR count). The van der Waals surface area contributed by atoms with Gasteiger partial charge in [-0.3, -0.25) is 9.59 Å². The lowest BCUT2D eigenvalue weighted by Gasteiger charge is -2.10. The quantitative estimate of drug-likeness (QED) is 0.386. The van der Waals surface area contributed by atoms with Gasteiger partial charge >= 0.3 is 11.8 Å². The summed E-state index contributed by atoms with van der Waals surface area (Å²) in [6.45, 7) is 0. The molecule has 1 aromatic rings. The van der Waals surface area contributed by atoms with E-state index in [4.69, 9.17) is 0 Å². The van der Waals surface area contributed by atoms with Crippen LogP contribution in [0, 0.1) is 0 Å². The van der Waals surface area contributed by atoms with E-state index in [0.29, 0.717) is 0 Å². The van der Waals surface area contributed by atoms with Crippen LogP contribution in [0.4, 0.5) is 0 Å². The highest BCUT2D eigenvalue weighted by Gasteiger charge is 2.20. The van der Waals surface area contributed by atoms with Crippen LogP contribution in [0.1, 0.15) is 31.2 Å². The van der Waals surface area contributed by atoms with Crippen molar-refractivity contribution in [3.05, 3.63) is 29.8 Å². The minimum atomic E-state index is -0.723. The number of thioether (sulfide) groups is 1. The SMILES string of the molecule is CSc1ccc(/C=N\NC(=O)C(=O)NC2CCCC2)cc1. The first-order valence-corrected chi connectivity index (χ1v) is 8.19. The van der Waals surface area contributed by atoms with Crippen LogP contribution in [0.15, 0.2) is 34.3 Å². The molecule has 1 aromatic carbocycles. The summed E-state index contributed by atoms with van der Waals surface area (Å²) >= 11 is 1.66. The number of hydrogen-bond donors (Lipinski definition) is 2. The molecule has 5 nitrogen and oxygen atoms in total. The largest absolute Gasteiger partial charge is 0.345 e. The van der Waals surface area contributed by atoms with E-state index in [9.17, 15) is 9.59 Å². The average Bonchev–Trinajstić information content (AvgIpc) is 3.00. The number of carbonyl (C=O) groups excluding carboxylic acids is 2. The molecule has 0 spiro atoms. The molecule has 21 heavy (non-hydrogen) atoms. The number of benzene rings is 1. The molecule has 6 heteroatoms. The molecular weight excluding hydrogens is 286 g/mol. The maximum atomic E-state index is 11.6. The lowest BCUT2D eigenvalue weighted by Crippen LogP contribution is -2.42. The normalized spacial score (nSPS) is 15.3. The summed E-state index contributed by atoms with van der Waals surface area (Å²) in [6.07, 6.45) is 7.64. The monoisotopic (exact) mass is 305 g/mol. The number of hydrazone groups is 1. The van der Waals surface area contributed by atoms with Crippen molar-refractivity contribution in [3.8, 4) is 0 Å². The van der Waals surface area contributed by atoms with Crippen molar-refractivity contribution in [1.82, 2.24) is 10.7 Å². The minimum Gasteiger partial charge on any atom is -0.345 e. The van der Waals surface area contributed by atoms with E-state index in [1.54, 1.807) is 11.8 Å². The molecule has 2 amide bonds. The Bertz CT molecular complexity index is 522. The van der Waals surface area contributed by atoms with E-state index in [1.165, 1.54) is 6.21 Å². The Morgan fingerprint density at radius 3 is 2.48 bits per heavy atom. The van der Waals surface area contributed by atoms with Crippen LogP contribution in [0.5, 0.6) is 0 Å². The number of amides is 2. The molecule has 2 N–H and O–H groups in total. The molecule has 0 radical (unpaired) electrons. The molecule has 0 heterocycles. The minimum absolute atomic E-state index is 0.131. The van der Waals surface area contributed by atoms with Crippen molar-refractivity contribution < 1.29 is 9.59 Å². The van der Waals surface area contributed by atoms with Crippen molar-refractivity contribution in [2.45, 2.75) is 36.6 Å². The Morgan fingerprint density at radius 1 is 1.19 bits per heavy atom. The maximum absolute atomic E-state index is 11.6. The van der Waals surface area contributed by atoms with E-state index in [1.807, 2.05) is 30.5 Å². The Hall–Kier alpha value is -1.82. The molecule has 112 valence electrons. The van der Waals surface area contributed by atoms with Gasteiger partial charge in [0.05, 0.1) is 6.21 Å². The third-order valence-corrected chi connectivity index (χ3v) is 4.14. The second-order valence-electron chi connectivity index (χ2n) is 4.93. The summed E-state index contributed by atoms with van der Waals surface area (Å²) in [4.78, 5) is 24.4. The molecule has 1 fully saturated rings. The van der Waals surface area contributed by atoms with Gasteiger partial charge < -0.3 is 5.32 Å². The summed E-state index contributed by atoms with van der Waals surface area (Å²) in [6, 6.07) is 7.88. The van der Waals surface area contributed by atoms with Gasteiger partial charge in [0, 0.05) is 10.9 Å². The first-order chi connectivity index (χ1) is 10.2. The number of hydrogen-bond acceptors (Lipinski definition) is 4. The predicted molar refractivity (Wildman–Crippen MR) is 84.4 cm³/mol. The van der Waals surface area contributed by atoms with Crippen LogP contribution in [0.25, 0.3) is 0 Å². The topological polar surface area (TPSA) is 70.6 Å². The van der Waals surface area contributed by atoms with Crippen molar-refractivity contribution >= 4 is 29.8 Å². The zero-order valence-electron chi connectivity index (χ0n) is 12.0. The first kappa shape index (κ1) is 15.6. The first-order valence-electron chi connectivity index (χ1n) is 6.97. The summed E-state index contributed by atoms with van der Waals surface area (Å²) in [5.41, 5.74) is 3.11. The Morgan fingerprint density at radius 2 is 1.86 bits per heavy atom. The molecule has 1 aliphatic carbocycles. The Kier molecular flexibility index (Phi) is 5.80. The van der Waals surface area contributed by atoms with Crippen LogP contribution in [-0.2, 0) is 9.59 Å². The van der Waals surface area contributed by atoms with Gasteiger partial charge in [-0.15, -0.1) is 11.8 Å². The smallest absolute Gasteiger partial charge is 0.329 e. The number of carbonyl (C=O) groups is 2. The van der Waals surface area contributed by atoms with Crippen molar-refractivity contribution in [2.75, 3.05) is 6.26 Å². The zero-order chi connectivity index (χ0) is 15.1. The number of rotatable bonds is 4. The van der Waals surface area contributed by atoms with Gasteiger partial charge in [0.2, 0.25) is 0 Å².